The van der Waals surface area contributed by atoms with Gasteiger partial charge in [0.25, 0.3) is 0 Å². The maximum atomic E-state index is 12.6. The van der Waals surface area contributed by atoms with Crippen LogP contribution in [0.2, 0.25) is 0 Å². The van der Waals surface area contributed by atoms with E-state index < -0.39 is 5.60 Å². The summed E-state index contributed by atoms with van der Waals surface area (Å²) in [6.45, 7) is 4.24. The van der Waals surface area contributed by atoms with Gasteiger partial charge >= 0.3 is 0 Å². The van der Waals surface area contributed by atoms with Crippen molar-refractivity contribution in [3.63, 3.8) is 0 Å². The van der Waals surface area contributed by atoms with Crippen molar-refractivity contribution in [3.8, 4) is 0 Å². The molecule has 1 fully saturated rings. The molecule has 1 aliphatic heterocycles. The number of carbonyl (C=O) groups is 2. The van der Waals surface area contributed by atoms with E-state index >= 15 is 0 Å². The van der Waals surface area contributed by atoms with Crippen molar-refractivity contribution in [3.05, 3.63) is 22.4 Å². The van der Waals surface area contributed by atoms with E-state index in [1.807, 2.05) is 17.5 Å². The topological polar surface area (TPSA) is 60.9 Å². The number of likely N-dealkylation sites (tertiary alicyclic amines) is 1. The lowest BCUT2D eigenvalue weighted by atomic mass is 10.1. The molecule has 1 aliphatic rings. The second-order valence-corrected chi connectivity index (χ2v) is 7.54. The van der Waals surface area contributed by atoms with E-state index in [0.717, 1.165) is 11.3 Å². The summed E-state index contributed by atoms with van der Waals surface area (Å²) in [4.78, 5) is 29.3. The van der Waals surface area contributed by atoms with Crippen LogP contribution >= 0.6 is 11.3 Å². The molecule has 2 heterocycles. The first-order valence-corrected chi connectivity index (χ1v) is 8.45. The Morgan fingerprint density at radius 2 is 2.23 bits per heavy atom. The van der Waals surface area contributed by atoms with Gasteiger partial charge in [-0.25, -0.2) is 0 Å². The van der Waals surface area contributed by atoms with Crippen LogP contribution in [0.5, 0.6) is 0 Å². The van der Waals surface area contributed by atoms with Gasteiger partial charge in [0.1, 0.15) is 6.04 Å². The average molecular weight is 324 g/mol. The lowest BCUT2D eigenvalue weighted by Crippen LogP contribution is -2.50. The first-order chi connectivity index (χ1) is 10.3. The van der Waals surface area contributed by atoms with Crippen LogP contribution in [0.15, 0.2) is 17.5 Å². The average Bonchev–Trinajstić information content (AvgIpc) is 3.06. The Hall–Kier alpha value is -1.40. The van der Waals surface area contributed by atoms with E-state index in [9.17, 15) is 14.7 Å². The molecule has 0 bridgehead atoms. The van der Waals surface area contributed by atoms with Crippen molar-refractivity contribution < 1.29 is 14.7 Å². The third-order valence-corrected chi connectivity index (χ3v) is 4.64. The van der Waals surface area contributed by atoms with Gasteiger partial charge in [0.05, 0.1) is 12.0 Å². The summed E-state index contributed by atoms with van der Waals surface area (Å²) in [5.41, 5.74) is -0.936. The van der Waals surface area contributed by atoms with Crippen molar-refractivity contribution in [1.29, 1.82) is 0 Å². The molecule has 1 aromatic rings. The van der Waals surface area contributed by atoms with Gasteiger partial charge in [-0.1, -0.05) is 6.07 Å². The largest absolute Gasteiger partial charge is 0.389 e. The summed E-state index contributed by atoms with van der Waals surface area (Å²) in [6.07, 6.45) is 1.91. The van der Waals surface area contributed by atoms with Gasteiger partial charge in [-0.15, -0.1) is 11.3 Å². The molecular formula is C16H24N2O3S. The van der Waals surface area contributed by atoms with Crippen molar-refractivity contribution in [2.24, 2.45) is 0 Å². The van der Waals surface area contributed by atoms with Gasteiger partial charge < -0.3 is 14.9 Å². The van der Waals surface area contributed by atoms with Crippen LogP contribution in [0.1, 0.15) is 31.6 Å². The smallest absolute Gasteiger partial charge is 0.245 e. The second-order valence-electron chi connectivity index (χ2n) is 6.51. The molecule has 1 aromatic heterocycles. The number of hydrogen-bond acceptors (Lipinski definition) is 4. The van der Waals surface area contributed by atoms with Crippen molar-refractivity contribution >= 4 is 23.2 Å². The second kappa shape index (κ2) is 6.79. The number of nitrogens with zero attached hydrogens (tertiary/aromatic N) is 2. The molecule has 2 rings (SSSR count). The number of likely N-dealkylation sites (N-methyl/N-ethyl adjacent to an activating group) is 1. The number of aliphatic hydroxyl groups is 1. The Balaban J connectivity index is 2.00. The fourth-order valence-corrected chi connectivity index (χ4v) is 3.59. The summed E-state index contributed by atoms with van der Waals surface area (Å²) in [7, 11) is 1.68. The number of hydrogen-bond donors (Lipinski definition) is 1. The highest BCUT2D eigenvalue weighted by atomic mass is 32.1. The predicted molar refractivity (Wildman–Crippen MR) is 86.7 cm³/mol. The Morgan fingerprint density at radius 1 is 1.50 bits per heavy atom. The lowest BCUT2D eigenvalue weighted by Gasteiger charge is -2.31. The van der Waals surface area contributed by atoms with Crippen LogP contribution < -0.4 is 0 Å². The summed E-state index contributed by atoms with van der Waals surface area (Å²) >= 11 is 1.56. The molecule has 6 heteroatoms. The minimum Gasteiger partial charge on any atom is -0.389 e. The molecule has 1 atom stereocenters. The fraction of sp³-hybridized carbons (Fsp3) is 0.625. The molecule has 0 aliphatic carbocycles. The molecule has 1 unspecified atom stereocenters. The molecule has 1 N–H and O–H groups in total. The number of amides is 2. The molecule has 0 aromatic carbocycles. The summed E-state index contributed by atoms with van der Waals surface area (Å²) < 4.78 is 0. The monoisotopic (exact) mass is 324 g/mol. The fourth-order valence-electron chi connectivity index (χ4n) is 2.90. The summed E-state index contributed by atoms with van der Waals surface area (Å²) in [6, 6.07) is 3.48. The highest BCUT2D eigenvalue weighted by Gasteiger charge is 2.36. The van der Waals surface area contributed by atoms with Crippen molar-refractivity contribution in [2.75, 3.05) is 20.1 Å². The first kappa shape index (κ1) is 17.0. The van der Waals surface area contributed by atoms with Crippen molar-refractivity contribution in [2.45, 2.75) is 44.8 Å². The number of rotatable bonds is 5. The van der Waals surface area contributed by atoms with Crippen LogP contribution in [-0.2, 0) is 16.0 Å². The zero-order valence-corrected chi connectivity index (χ0v) is 14.2. The van der Waals surface area contributed by atoms with E-state index in [4.69, 9.17) is 0 Å². The van der Waals surface area contributed by atoms with Gasteiger partial charge in [-0.05, 0) is 38.1 Å². The maximum absolute atomic E-state index is 12.6. The van der Waals surface area contributed by atoms with Gasteiger partial charge in [-0.2, -0.15) is 0 Å². The standard InChI is InChI=1S/C16H24N2O3S/c1-16(2,21)11-17(3)15(20)13-7-4-8-18(13)14(19)10-12-6-5-9-22-12/h5-6,9,13,21H,4,7-8,10-11H2,1-3H3. The maximum Gasteiger partial charge on any atom is 0.245 e. The molecule has 122 valence electrons. The third-order valence-electron chi connectivity index (χ3n) is 3.76. The third kappa shape index (κ3) is 4.30. The molecule has 1 saturated heterocycles. The van der Waals surface area contributed by atoms with Crippen LogP contribution in [0, 0.1) is 0 Å². The molecule has 5 nitrogen and oxygen atoms in total. The Morgan fingerprint density at radius 3 is 2.82 bits per heavy atom. The minimum atomic E-state index is -0.936. The van der Waals surface area contributed by atoms with E-state index in [0.29, 0.717) is 19.4 Å². The van der Waals surface area contributed by atoms with Crippen molar-refractivity contribution in [1.82, 2.24) is 9.80 Å². The van der Waals surface area contributed by atoms with Gasteiger partial charge in [0.15, 0.2) is 0 Å². The van der Waals surface area contributed by atoms with Crippen LogP contribution in [-0.4, -0.2) is 58.5 Å². The van der Waals surface area contributed by atoms with E-state index in [2.05, 4.69) is 0 Å². The normalized spacial score (nSPS) is 18.5. The molecule has 0 radical (unpaired) electrons. The minimum absolute atomic E-state index is 0.00922. The molecule has 0 saturated carbocycles. The van der Waals surface area contributed by atoms with Crippen LogP contribution in [0.3, 0.4) is 0 Å². The Labute approximate surface area is 135 Å². The lowest BCUT2D eigenvalue weighted by molar-refractivity contribution is -0.144. The highest BCUT2D eigenvalue weighted by molar-refractivity contribution is 7.10. The quantitative estimate of drug-likeness (QED) is 0.893. The Bertz CT molecular complexity index is 522. The van der Waals surface area contributed by atoms with E-state index in [-0.39, 0.29) is 24.4 Å². The van der Waals surface area contributed by atoms with Crippen LogP contribution in [0.25, 0.3) is 0 Å². The zero-order valence-electron chi connectivity index (χ0n) is 13.4. The van der Waals surface area contributed by atoms with E-state index in [1.54, 1.807) is 37.1 Å². The number of carbonyl (C=O) groups excluding carboxylic acids is 2. The molecule has 22 heavy (non-hydrogen) atoms. The SMILES string of the molecule is CN(CC(C)(C)O)C(=O)C1CCCN1C(=O)Cc1cccs1. The number of thiophene rings is 1. The van der Waals surface area contributed by atoms with E-state index in [1.165, 1.54) is 4.90 Å². The first-order valence-electron chi connectivity index (χ1n) is 7.57. The summed E-state index contributed by atoms with van der Waals surface area (Å²) in [5.74, 6) is -0.0749. The Kier molecular flexibility index (Phi) is 5.24. The zero-order chi connectivity index (χ0) is 16.3. The summed E-state index contributed by atoms with van der Waals surface area (Å²) in [5, 5.41) is 11.8. The van der Waals surface area contributed by atoms with Crippen LogP contribution in [0.4, 0.5) is 0 Å². The molecular weight excluding hydrogens is 300 g/mol. The highest BCUT2D eigenvalue weighted by Crippen LogP contribution is 2.22. The molecule has 0 spiro atoms. The van der Waals surface area contributed by atoms with Gasteiger partial charge in [-0.3, -0.25) is 9.59 Å². The molecule has 2 amide bonds. The van der Waals surface area contributed by atoms with Gasteiger partial charge in [0.2, 0.25) is 11.8 Å². The predicted octanol–water partition coefficient (Wildman–Crippen LogP) is 1.51. The van der Waals surface area contributed by atoms with Gasteiger partial charge in [0, 0.05) is 25.0 Å².